The van der Waals surface area contributed by atoms with Gasteiger partial charge in [-0.3, -0.25) is 0 Å². The lowest BCUT2D eigenvalue weighted by molar-refractivity contribution is 0.0527. The van der Waals surface area contributed by atoms with Crippen molar-refractivity contribution in [3.05, 3.63) is 12.7 Å². The number of carbonyl (C=O) groups excluding carboxylic acids is 1. The van der Waals surface area contributed by atoms with Gasteiger partial charge in [0, 0.05) is 6.54 Å². The molecule has 4 nitrogen and oxygen atoms in total. The van der Waals surface area contributed by atoms with Gasteiger partial charge in [-0.25, -0.2) is 4.79 Å². The van der Waals surface area contributed by atoms with E-state index < -0.39 is 5.60 Å². The first-order chi connectivity index (χ1) is 7.95. The molecule has 2 N–H and O–H groups in total. The molecule has 0 spiro atoms. The Kier molecular flexibility index (Phi) is 8.50. The van der Waals surface area contributed by atoms with Crippen LogP contribution in [-0.4, -0.2) is 31.3 Å². The second-order valence-corrected chi connectivity index (χ2v) is 4.96. The van der Waals surface area contributed by atoms with Crippen LogP contribution in [-0.2, 0) is 4.74 Å². The van der Waals surface area contributed by atoms with Crippen molar-refractivity contribution in [3.63, 3.8) is 0 Å². The van der Waals surface area contributed by atoms with Gasteiger partial charge in [0.15, 0.2) is 0 Å². The number of hydrogen-bond acceptors (Lipinski definition) is 3. The van der Waals surface area contributed by atoms with Crippen molar-refractivity contribution in [3.8, 4) is 0 Å². The fourth-order valence-corrected chi connectivity index (χ4v) is 1.21. The van der Waals surface area contributed by atoms with Crippen molar-refractivity contribution in [1.82, 2.24) is 10.6 Å². The maximum Gasteiger partial charge on any atom is 0.407 e. The summed E-state index contributed by atoms with van der Waals surface area (Å²) in [4.78, 5) is 11.3. The molecule has 0 aromatic carbocycles. The average Bonchev–Trinajstić information content (AvgIpc) is 2.19. The van der Waals surface area contributed by atoms with Crippen LogP contribution in [0.5, 0.6) is 0 Å². The third-order valence-corrected chi connectivity index (χ3v) is 1.96. The van der Waals surface area contributed by atoms with Gasteiger partial charge in [0.25, 0.3) is 0 Å². The molecule has 0 aliphatic rings. The van der Waals surface area contributed by atoms with E-state index in [1.165, 1.54) is 0 Å². The van der Waals surface area contributed by atoms with Gasteiger partial charge >= 0.3 is 6.09 Å². The lowest BCUT2D eigenvalue weighted by Crippen LogP contribution is -2.34. The number of unbranched alkanes of at least 4 members (excludes halogenated alkanes) is 1. The van der Waals surface area contributed by atoms with E-state index in [0.717, 1.165) is 32.4 Å². The minimum Gasteiger partial charge on any atom is -0.444 e. The van der Waals surface area contributed by atoms with Gasteiger partial charge in [0.2, 0.25) is 0 Å². The van der Waals surface area contributed by atoms with E-state index in [0.29, 0.717) is 6.54 Å². The highest BCUT2D eigenvalue weighted by Crippen LogP contribution is 2.06. The molecule has 17 heavy (non-hydrogen) atoms. The smallest absolute Gasteiger partial charge is 0.407 e. The summed E-state index contributed by atoms with van der Waals surface area (Å²) in [5, 5.41) is 6.03. The number of ether oxygens (including phenoxy) is 1. The zero-order valence-corrected chi connectivity index (χ0v) is 11.3. The number of nitrogens with one attached hydrogen (secondary N) is 2. The summed E-state index contributed by atoms with van der Waals surface area (Å²) < 4.78 is 5.12. The van der Waals surface area contributed by atoms with Gasteiger partial charge in [0.05, 0.1) is 0 Å². The fraction of sp³-hybridized carbons (Fsp3) is 0.769. The van der Waals surface area contributed by atoms with Crippen LogP contribution in [0, 0.1) is 0 Å². The Morgan fingerprint density at radius 1 is 1.24 bits per heavy atom. The SMILES string of the molecule is C=CCCCNCCCNC(=O)OC(C)(C)C. The molecule has 0 atom stereocenters. The second kappa shape index (κ2) is 9.05. The van der Waals surface area contributed by atoms with Gasteiger partial charge in [-0.15, -0.1) is 6.58 Å². The monoisotopic (exact) mass is 242 g/mol. The van der Waals surface area contributed by atoms with Gasteiger partial charge < -0.3 is 15.4 Å². The number of rotatable bonds is 8. The van der Waals surface area contributed by atoms with E-state index in [2.05, 4.69) is 17.2 Å². The van der Waals surface area contributed by atoms with Crippen molar-refractivity contribution < 1.29 is 9.53 Å². The van der Waals surface area contributed by atoms with E-state index in [1.54, 1.807) is 0 Å². The van der Waals surface area contributed by atoms with Crippen LogP contribution < -0.4 is 10.6 Å². The van der Waals surface area contributed by atoms with E-state index >= 15 is 0 Å². The normalized spacial score (nSPS) is 11.0. The highest BCUT2D eigenvalue weighted by molar-refractivity contribution is 5.67. The first kappa shape index (κ1) is 16.0. The van der Waals surface area contributed by atoms with Crippen LogP contribution in [0.1, 0.15) is 40.0 Å². The highest BCUT2D eigenvalue weighted by atomic mass is 16.6. The van der Waals surface area contributed by atoms with Crippen LogP contribution in [0.15, 0.2) is 12.7 Å². The van der Waals surface area contributed by atoms with E-state index in [1.807, 2.05) is 26.8 Å². The van der Waals surface area contributed by atoms with Crippen molar-refractivity contribution in [2.75, 3.05) is 19.6 Å². The number of amides is 1. The van der Waals surface area contributed by atoms with Crippen LogP contribution >= 0.6 is 0 Å². The van der Waals surface area contributed by atoms with Gasteiger partial charge in [-0.1, -0.05) is 6.08 Å². The van der Waals surface area contributed by atoms with E-state index in [4.69, 9.17) is 4.74 Å². The number of allylic oxidation sites excluding steroid dienone is 1. The largest absolute Gasteiger partial charge is 0.444 e. The molecule has 0 bridgehead atoms. The van der Waals surface area contributed by atoms with Crippen LogP contribution in [0.2, 0.25) is 0 Å². The summed E-state index contributed by atoms with van der Waals surface area (Å²) in [5.41, 5.74) is -0.424. The Morgan fingerprint density at radius 3 is 2.47 bits per heavy atom. The van der Waals surface area contributed by atoms with Crippen molar-refractivity contribution in [2.24, 2.45) is 0 Å². The first-order valence-corrected chi connectivity index (χ1v) is 6.24. The molecule has 4 heteroatoms. The summed E-state index contributed by atoms with van der Waals surface area (Å²) >= 11 is 0. The summed E-state index contributed by atoms with van der Waals surface area (Å²) in [6.45, 7) is 11.8. The Bertz CT molecular complexity index is 222. The molecule has 0 saturated carbocycles. The maximum atomic E-state index is 11.3. The average molecular weight is 242 g/mol. The summed E-state index contributed by atoms with van der Waals surface area (Å²) in [6, 6.07) is 0. The van der Waals surface area contributed by atoms with Gasteiger partial charge in [0.1, 0.15) is 5.60 Å². The topological polar surface area (TPSA) is 50.4 Å². The summed E-state index contributed by atoms with van der Waals surface area (Å²) in [6.07, 6.45) is 4.65. The minimum atomic E-state index is -0.424. The summed E-state index contributed by atoms with van der Waals surface area (Å²) in [7, 11) is 0. The molecular weight excluding hydrogens is 216 g/mol. The van der Waals surface area contributed by atoms with Crippen molar-refractivity contribution >= 4 is 6.09 Å². The van der Waals surface area contributed by atoms with E-state index in [9.17, 15) is 4.79 Å². The third-order valence-electron chi connectivity index (χ3n) is 1.96. The molecule has 1 amide bonds. The summed E-state index contributed by atoms with van der Waals surface area (Å²) in [5.74, 6) is 0. The Balaban J connectivity index is 3.28. The fourth-order valence-electron chi connectivity index (χ4n) is 1.21. The van der Waals surface area contributed by atoms with Gasteiger partial charge in [-0.05, 0) is 53.1 Å². The van der Waals surface area contributed by atoms with Crippen molar-refractivity contribution in [1.29, 1.82) is 0 Å². The molecular formula is C13H26N2O2. The lowest BCUT2D eigenvalue weighted by Gasteiger charge is -2.19. The van der Waals surface area contributed by atoms with Crippen LogP contribution in [0.25, 0.3) is 0 Å². The minimum absolute atomic E-state index is 0.343. The number of hydrogen-bond donors (Lipinski definition) is 2. The van der Waals surface area contributed by atoms with E-state index in [-0.39, 0.29) is 6.09 Å². The maximum absolute atomic E-state index is 11.3. The standard InChI is InChI=1S/C13H26N2O2/c1-5-6-7-9-14-10-8-11-15-12(16)17-13(2,3)4/h5,14H,1,6-11H2,2-4H3,(H,15,16). The zero-order chi connectivity index (χ0) is 13.1. The Labute approximate surface area is 105 Å². The molecule has 0 aromatic heterocycles. The second-order valence-electron chi connectivity index (χ2n) is 4.96. The number of carbonyl (C=O) groups is 1. The molecule has 0 aromatic rings. The molecule has 0 heterocycles. The molecule has 0 unspecified atom stereocenters. The predicted molar refractivity (Wildman–Crippen MR) is 71.2 cm³/mol. The number of alkyl carbamates (subject to hydrolysis) is 1. The molecule has 0 fully saturated rings. The van der Waals surface area contributed by atoms with Gasteiger partial charge in [-0.2, -0.15) is 0 Å². The molecule has 0 aliphatic carbocycles. The van der Waals surface area contributed by atoms with Crippen LogP contribution in [0.3, 0.4) is 0 Å². The van der Waals surface area contributed by atoms with Crippen molar-refractivity contribution in [2.45, 2.75) is 45.6 Å². The molecule has 0 rings (SSSR count). The van der Waals surface area contributed by atoms with Crippen LogP contribution in [0.4, 0.5) is 4.79 Å². The first-order valence-electron chi connectivity index (χ1n) is 6.24. The third kappa shape index (κ3) is 12.9. The molecule has 0 saturated heterocycles. The molecule has 100 valence electrons. The lowest BCUT2D eigenvalue weighted by atomic mass is 10.2. The molecule has 0 aliphatic heterocycles. The predicted octanol–water partition coefficient (Wildman–Crippen LogP) is 2.46. The molecule has 0 radical (unpaired) electrons. The quantitative estimate of drug-likeness (QED) is 0.508. The highest BCUT2D eigenvalue weighted by Gasteiger charge is 2.15. The Morgan fingerprint density at radius 2 is 1.88 bits per heavy atom. The Hall–Kier alpha value is -1.03. The zero-order valence-electron chi connectivity index (χ0n) is 11.3.